The van der Waals surface area contributed by atoms with Gasteiger partial charge in [0.25, 0.3) is 0 Å². The summed E-state index contributed by atoms with van der Waals surface area (Å²) >= 11 is 2.35. The Bertz CT molecular complexity index is 598. The van der Waals surface area contributed by atoms with Crippen LogP contribution in [0.5, 0.6) is 0 Å². The number of anilines is 1. The lowest BCUT2D eigenvalue weighted by molar-refractivity contribution is 0.935. The first-order valence-electron chi connectivity index (χ1n) is 6.87. The quantitative estimate of drug-likeness (QED) is 0.806. The summed E-state index contributed by atoms with van der Waals surface area (Å²) in [6.45, 7) is 3.06. The summed E-state index contributed by atoms with van der Waals surface area (Å²) in [6, 6.07) is 1.85. The van der Waals surface area contributed by atoms with Crippen molar-refractivity contribution in [1.82, 2.24) is 19.9 Å². The lowest BCUT2D eigenvalue weighted by Gasteiger charge is -2.12. The van der Waals surface area contributed by atoms with Crippen molar-refractivity contribution in [1.29, 1.82) is 0 Å². The minimum atomic E-state index is 0.590. The average molecular weight is 381 g/mol. The molecule has 0 spiro atoms. The Hall–Kier alpha value is -1.31. The maximum atomic E-state index is 4.72. The standard InChI is InChI=1S/C14H16IN5/c1-2-6-17-14-11(15)12(9-3-4-9)19-13(20-14)10-5-7-16-8-18-10/h5,7-9H,2-4,6H2,1H3,(H,17,19,20). The van der Waals surface area contributed by atoms with Crippen LogP contribution in [0.25, 0.3) is 11.5 Å². The SMILES string of the molecule is CCCNc1nc(-c2ccncn2)nc(C2CC2)c1I. The molecule has 1 aliphatic rings. The van der Waals surface area contributed by atoms with E-state index in [2.05, 4.69) is 49.8 Å². The molecule has 0 saturated heterocycles. The molecule has 0 unspecified atom stereocenters. The van der Waals surface area contributed by atoms with Crippen LogP contribution in [0, 0.1) is 3.57 Å². The average Bonchev–Trinajstić information content (AvgIpc) is 3.32. The van der Waals surface area contributed by atoms with E-state index in [1.165, 1.54) is 19.2 Å². The highest BCUT2D eigenvalue weighted by atomic mass is 127. The van der Waals surface area contributed by atoms with Gasteiger partial charge in [-0.05, 0) is 47.9 Å². The van der Waals surface area contributed by atoms with Crippen molar-refractivity contribution >= 4 is 28.4 Å². The molecule has 20 heavy (non-hydrogen) atoms. The van der Waals surface area contributed by atoms with Crippen LogP contribution in [-0.4, -0.2) is 26.5 Å². The highest BCUT2D eigenvalue weighted by molar-refractivity contribution is 14.1. The molecular formula is C14H16IN5. The molecule has 0 aliphatic heterocycles. The fraction of sp³-hybridized carbons (Fsp3) is 0.429. The minimum absolute atomic E-state index is 0.590. The molecule has 6 heteroatoms. The molecule has 5 nitrogen and oxygen atoms in total. The van der Waals surface area contributed by atoms with Gasteiger partial charge in [-0.3, -0.25) is 0 Å². The first-order valence-corrected chi connectivity index (χ1v) is 7.95. The molecule has 1 N–H and O–H groups in total. The summed E-state index contributed by atoms with van der Waals surface area (Å²) in [5.74, 6) is 2.21. The molecule has 104 valence electrons. The largest absolute Gasteiger partial charge is 0.369 e. The Labute approximate surface area is 131 Å². The third kappa shape index (κ3) is 2.89. The van der Waals surface area contributed by atoms with Crippen LogP contribution in [0.2, 0.25) is 0 Å². The van der Waals surface area contributed by atoms with Crippen molar-refractivity contribution < 1.29 is 0 Å². The lowest BCUT2D eigenvalue weighted by atomic mass is 10.2. The zero-order chi connectivity index (χ0) is 13.9. The van der Waals surface area contributed by atoms with Crippen molar-refractivity contribution in [3.8, 4) is 11.5 Å². The van der Waals surface area contributed by atoms with E-state index >= 15 is 0 Å². The second-order valence-corrected chi connectivity index (χ2v) is 5.97. The van der Waals surface area contributed by atoms with E-state index in [4.69, 9.17) is 4.98 Å². The van der Waals surface area contributed by atoms with E-state index in [1.54, 1.807) is 6.20 Å². The van der Waals surface area contributed by atoms with Gasteiger partial charge in [0.2, 0.25) is 0 Å². The molecule has 1 fully saturated rings. The van der Waals surface area contributed by atoms with Crippen LogP contribution in [0.3, 0.4) is 0 Å². The van der Waals surface area contributed by atoms with Crippen LogP contribution in [0.1, 0.15) is 37.8 Å². The zero-order valence-corrected chi connectivity index (χ0v) is 13.5. The first-order chi connectivity index (χ1) is 9.79. The Balaban J connectivity index is 2.03. The number of nitrogens with one attached hydrogen (secondary N) is 1. The first kappa shape index (κ1) is 13.7. The summed E-state index contributed by atoms with van der Waals surface area (Å²) in [5, 5.41) is 3.39. The molecule has 1 saturated carbocycles. The fourth-order valence-electron chi connectivity index (χ4n) is 1.99. The normalized spacial score (nSPS) is 14.3. The summed E-state index contributed by atoms with van der Waals surface area (Å²) in [5.41, 5.74) is 1.94. The Morgan fingerprint density at radius 3 is 2.85 bits per heavy atom. The predicted octanol–water partition coefficient (Wildman–Crippen LogP) is 3.24. The number of nitrogens with zero attached hydrogens (tertiary/aromatic N) is 4. The summed E-state index contributed by atoms with van der Waals surface area (Å²) in [6.07, 6.45) is 6.78. The minimum Gasteiger partial charge on any atom is -0.369 e. The van der Waals surface area contributed by atoms with Gasteiger partial charge in [0, 0.05) is 18.7 Å². The van der Waals surface area contributed by atoms with Crippen molar-refractivity contribution in [2.24, 2.45) is 0 Å². The number of rotatable bonds is 5. The molecule has 0 atom stereocenters. The second-order valence-electron chi connectivity index (χ2n) is 4.89. The number of halogens is 1. The van der Waals surface area contributed by atoms with Crippen LogP contribution >= 0.6 is 22.6 Å². The van der Waals surface area contributed by atoms with E-state index in [9.17, 15) is 0 Å². The number of hydrogen-bond acceptors (Lipinski definition) is 5. The maximum Gasteiger partial charge on any atom is 0.180 e. The van der Waals surface area contributed by atoms with Gasteiger partial charge in [-0.2, -0.15) is 0 Å². The van der Waals surface area contributed by atoms with Crippen LogP contribution < -0.4 is 5.32 Å². The van der Waals surface area contributed by atoms with Gasteiger partial charge in [-0.25, -0.2) is 19.9 Å². The van der Waals surface area contributed by atoms with Gasteiger partial charge < -0.3 is 5.32 Å². The molecule has 2 heterocycles. The van der Waals surface area contributed by atoms with E-state index in [0.29, 0.717) is 11.7 Å². The summed E-state index contributed by atoms with van der Waals surface area (Å²) in [4.78, 5) is 17.6. The van der Waals surface area contributed by atoms with Gasteiger partial charge in [0.15, 0.2) is 5.82 Å². The topological polar surface area (TPSA) is 63.6 Å². The number of hydrogen-bond donors (Lipinski definition) is 1. The van der Waals surface area contributed by atoms with Crippen LogP contribution in [0.15, 0.2) is 18.6 Å². The molecule has 0 amide bonds. The van der Waals surface area contributed by atoms with Gasteiger partial charge >= 0.3 is 0 Å². The van der Waals surface area contributed by atoms with Gasteiger partial charge in [0.05, 0.1) is 9.26 Å². The highest BCUT2D eigenvalue weighted by Crippen LogP contribution is 2.42. The molecule has 2 aromatic rings. The lowest BCUT2D eigenvalue weighted by Crippen LogP contribution is -2.09. The highest BCUT2D eigenvalue weighted by Gasteiger charge is 2.29. The third-order valence-corrected chi connectivity index (χ3v) is 4.26. The van der Waals surface area contributed by atoms with E-state index in [-0.39, 0.29) is 0 Å². The molecule has 0 aromatic carbocycles. The zero-order valence-electron chi connectivity index (χ0n) is 11.3. The smallest absolute Gasteiger partial charge is 0.180 e. The third-order valence-electron chi connectivity index (χ3n) is 3.19. The Kier molecular flexibility index (Phi) is 4.09. The van der Waals surface area contributed by atoms with Crippen molar-refractivity contribution in [3.05, 3.63) is 27.9 Å². The molecule has 0 bridgehead atoms. The predicted molar refractivity (Wildman–Crippen MR) is 86.5 cm³/mol. The molecular weight excluding hydrogens is 365 g/mol. The van der Waals surface area contributed by atoms with E-state index in [1.807, 2.05) is 6.07 Å². The van der Waals surface area contributed by atoms with Crippen LogP contribution in [-0.2, 0) is 0 Å². The maximum absolute atomic E-state index is 4.72. The van der Waals surface area contributed by atoms with Gasteiger partial charge in [-0.1, -0.05) is 6.92 Å². The van der Waals surface area contributed by atoms with Gasteiger partial charge in [0.1, 0.15) is 17.8 Å². The fourth-order valence-corrected chi connectivity index (χ4v) is 2.86. The molecule has 0 radical (unpaired) electrons. The van der Waals surface area contributed by atoms with Gasteiger partial charge in [-0.15, -0.1) is 0 Å². The van der Waals surface area contributed by atoms with E-state index < -0.39 is 0 Å². The second kappa shape index (κ2) is 5.99. The Morgan fingerprint density at radius 1 is 1.35 bits per heavy atom. The van der Waals surface area contributed by atoms with Crippen molar-refractivity contribution in [2.45, 2.75) is 32.1 Å². The monoisotopic (exact) mass is 381 g/mol. The van der Waals surface area contributed by atoms with E-state index in [0.717, 1.165) is 33.7 Å². The van der Waals surface area contributed by atoms with Crippen LogP contribution in [0.4, 0.5) is 5.82 Å². The molecule has 1 aliphatic carbocycles. The Morgan fingerprint density at radius 2 is 2.20 bits per heavy atom. The summed E-state index contributed by atoms with van der Waals surface area (Å²) in [7, 11) is 0. The number of aromatic nitrogens is 4. The van der Waals surface area contributed by atoms with Crippen molar-refractivity contribution in [3.63, 3.8) is 0 Å². The molecule has 2 aromatic heterocycles. The van der Waals surface area contributed by atoms with Crippen molar-refractivity contribution in [2.75, 3.05) is 11.9 Å². The molecule has 3 rings (SSSR count). The summed E-state index contributed by atoms with van der Waals surface area (Å²) < 4.78 is 1.15.